The van der Waals surface area contributed by atoms with Gasteiger partial charge in [0.25, 0.3) is 0 Å². The molecule has 21 heavy (non-hydrogen) atoms. The van der Waals surface area contributed by atoms with Crippen molar-refractivity contribution >= 4 is 17.3 Å². The van der Waals surface area contributed by atoms with Crippen LogP contribution in [0.1, 0.15) is 35.2 Å². The Morgan fingerprint density at radius 1 is 1.05 bits per heavy atom. The molecule has 2 rings (SSSR count). The molecule has 0 heterocycles. The first-order valence-electron chi connectivity index (χ1n) is 7.10. The highest BCUT2D eigenvalue weighted by molar-refractivity contribution is 6.31. The van der Waals surface area contributed by atoms with Gasteiger partial charge < -0.3 is 10.1 Å². The molecule has 2 aromatic carbocycles. The zero-order valence-corrected chi connectivity index (χ0v) is 14.0. The van der Waals surface area contributed by atoms with Crippen LogP contribution < -0.4 is 10.1 Å². The lowest BCUT2D eigenvalue weighted by Gasteiger charge is -2.21. The topological polar surface area (TPSA) is 21.3 Å². The zero-order valence-electron chi connectivity index (χ0n) is 13.3. The highest BCUT2D eigenvalue weighted by Crippen LogP contribution is 2.33. The Hall–Kier alpha value is -1.67. The molecule has 0 aliphatic heterocycles. The van der Waals surface area contributed by atoms with Crippen LogP contribution in [0, 0.1) is 20.8 Å². The van der Waals surface area contributed by atoms with E-state index >= 15 is 0 Å². The van der Waals surface area contributed by atoms with Gasteiger partial charge in [0.05, 0.1) is 12.8 Å². The van der Waals surface area contributed by atoms with E-state index in [1.54, 1.807) is 7.11 Å². The van der Waals surface area contributed by atoms with Gasteiger partial charge in [-0.05, 0) is 50.5 Å². The first-order valence-corrected chi connectivity index (χ1v) is 7.48. The number of anilines is 1. The van der Waals surface area contributed by atoms with Crippen LogP contribution in [0.2, 0.25) is 5.02 Å². The Morgan fingerprint density at radius 2 is 1.76 bits per heavy atom. The molecular formula is C18H22ClNO. The fraction of sp³-hybridized carbons (Fsp3) is 0.333. The molecule has 3 heteroatoms. The van der Waals surface area contributed by atoms with E-state index < -0.39 is 0 Å². The molecule has 0 saturated carbocycles. The van der Waals surface area contributed by atoms with Crippen LogP contribution >= 0.6 is 11.6 Å². The van der Waals surface area contributed by atoms with Crippen molar-refractivity contribution in [3.63, 3.8) is 0 Å². The molecule has 0 radical (unpaired) electrons. The Kier molecular flexibility index (Phi) is 4.79. The number of methoxy groups -OCH3 is 1. The van der Waals surface area contributed by atoms with E-state index in [4.69, 9.17) is 16.3 Å². The highest BCUT2D eigenvalue weighted by atomic mass is 35.5. The summed E-state index contributed by atoms with van der Waals surface area (Å²) < 4.78 is 5.42. The van der Waals surface area contributed by atoms with E-state index in [0.717, 1.165) is 22.0 Å². The Balaban J connectivity index is 2.33. The molecule has 0 spiro atoms. The van der Waals surface area contributed by atoms with Crippen molar-refractivity contribution in [1.82, 2.24) is 0 Å². The van der Waals surface area contributed by atoms with Gasteiger partial charge in [-0.3, -0.25) is 0 Å². The van der Waals surface area contributed by atoms with Crippen LogP contribution in [-0.2, 0) is 0 Å². The standard InChI is InChI=1S/C18H22ClNO/c1-11-6-7-12(2)15(8-11)14(4)20-17-9-13(3)16(19)10-18(17)21-5/h6-10,14,20H,1-5H3. The number of aryl methyl sites for hydroxylation is 3. The summed E-state index contributed by atoms with van der Waals surface area (Å²) in [4.78, 5) is 0. The third kappa shape index (κ3) is 3.51. The first kappa shape index (κ1) is 15.7. The maximum atomic E-state index is 6.16. The van der Waals surface area contributed by atoms with Gasteiger partial charge in [0.2, 0.25) is 0 Å². The normalized spacial score (nSPS) is 12.1. The highest BCUT2D eigenvalue weighted by Gasteiger charge is 2.13. The smallest absolute Gasteiger partial charge is 0.143 e. The third-order valence-corrected chi connectivity index (χ3v) is 4.16. The molecule has 0 saturated heterocycles. The molecule has 0 aromatic heterocycles. The van der Waals surface area contributed by atoms with E-state index in [9.17, 15) is 0 Å². The molecule has 112 valence electrons. The van der Waals surface area contributed by atoms with E-state index in [1.807, 2.05) is 19.1 Å². The van der Waals surface area contributed by atoms with Gasteiger partial charge in [-0.25, -0.2) is 0 Å². The lowest BCUT2D eigenvalue weighted by atomic mass is 9.99. The quantitative estimate of drug-likeness (QED) is 0.811. The zero-order chi connectivity index (χ0) is 15.6. The summed E-state index contributed by atoms with van der Waals surface area (Å²) in [5.41, 5.74) is 5.85. The predicted molar refractivity (Wildman–Crippen MR) is 90.7 cm³/mol. The van der Waals surface area contributed by atoms with Crippen LogP contribution in [0.25, 0.3) is 0 Å². The predicted octanol–water partition coefficient (Wildman–Crippen LogP) is 5.45. The molecule has 0 aliphatic rings. The van der Waals surface area contributed by atoms with E-state index in [-0.39, 0.29) is 6.04 Å². The summed E-state index contributed by atoms with van der Waals surface area (Å²) >= 11 is 6.16. The maximum Gasteiger partial charge on any atom is 0.143 e. The van der Waals surface area contributed by atoms with E-state index in [2.05, 4.69) is 44.3 Å². The number of hydrogen-bond donors (Lipinski definition) is 1. The van der Waals surface area contributed by atoms with Gasteiger partial charge in [-0.1, -0.05) is 35.4 Å². The number of ether oxygens (including phenoxy) is 1. The maximum absolute atomic E-state index is 6.16. The van der Waals surface area contributed by atoms with Crippen LogP contribution in [0.4, 0.5) is 5.69 Å². The van der Waals surface area contributed by atoms with Gasteiger partial charge in [0.1, 0.15) is 5.75 Å². The largest absolute Gasteiger partial charge is 0.495 e. The minimum Gasteiger partial charge on any atom is -0.495 e. The second-order valence-corrected chi connectivity index (χ2v) is 5.93. The molecule has 0 fully saturated rings. The van der Waals surface area contributed by atoms with Crippen molar-refractivity contribution in [3.8, 4) is 5.75 Å². The van der Waals surface area contributed by atoms with Crippen LogP contribution in [0.15, 0.2) is 30.3 Å². The fourth-order valence-electron chi connectivity index (χ4n) is 2.48. The van der Waals surface area contributed by atoms with Gasteiger partial charge in [-0.15, -0.1) is 0 Å². The Bertz CT molecular complexity index is 652. The van der Waals surface area contributed by atoms with Gasteiger partial charge in [0.15, 0.2) is 0 Å². The molecule has 1 unspecified atom stereocenters. The molecule has 1 N–H and O–H groups in total. The summed E-state index contributed by atoms with van der Waals surface area (Å²) in [6, 6.07) is 10.6. The Morgan fingerprint density at radius 3 is 2.43 bits per heavy atom. The summed E-state index contributed by atoms with van der Waals surface area (Å²) in [5.74, 6) is 0.766. The lowest BCUT2D eigenvalue weighted by Crippen LogP contribution is -2.09. The summed E-state index contributed by atoms with van der Waals surface area (Å²) in [5, 5.41) is 4.25. The molecule has 2 aromatic rings. The number of hydrogen-bond acceptors (Lipinski definition) is 2. The minimum absolute atomic E-state index is 0.194. The second kappa shape index (κ2) is 6.40. The van der Waals surface area contributed by atoms with Crippen molar-refractivity contribution in [3.05, 3.63) is 57.6 Å². The van der Waals surface area contributed by atoms with Crippen LogP contribution in [0.5, 0.6) is 5.75 Å². The number of rotatable bonds is 4. The number of benzene rings is 2. The summed E-state index contributed by atoms with van der Waals surface area (Å²) in [6.45, 7) is 8.40. The Labute approximate surface area is 132 Å². The van der Waals surface area contributed by atoms with Gasteiger partial charge in [0, 0.05) is 17.1 Å². The first-order chi connectivity index (χ1) is 9.92. The molecule has 0 amide bonds. The fourth-order valence-corrected chi connectivity index (χ4v) is 2.64. The van der Waals surface area contributed by atoms with Gasteiger partial charge in [-0.2, -0.15) is 0 Å². The summed E-state index contributed by atoms with van der Waals surface area (Å²) in [6.07, 6.45) is 0. The van der Waals surface area contributed by atoms with Crippen molar-refractivity contribution in [2.24, 2.45) is 0 Å². The molecule has 2 nitrogen and oxygen atoms in total. The average Bonchev–Trinajstić information content (AvgIpc) is 2.45. The lowest BCUT2D eigenvalue weighted by molar-refractivity contribution is 0.416. The monoisotopic (exact) mass is 303 g/mol. The van der Waals surface area contributed by atoms with Crippen molar-refractivity contribution in [1.29, 1.82) is 0 Å². The minimum atomic E-state index is 0.194. The second-order valence-electron chi connectivity index (χ2n) is 5.53. The van der Waals surface area contributed by atoms with Crippen molar-refractivity contribution in [2.75, 3.05) is 12.4 Å². The number of halogens is 1. The summed E-state index contributed by atoms with van der Waals surface area (Å²) in [7, 11) is 1.66. The van der Waals surface area contributed by atoms with Crippen molar-refractivity contribution < 1.29 is 4.74 Å². The molecule has 1 atom stereocenters. The number of nitrogens with one attached hydrogen (secondary N) is 1. The molecule has 0 bridgehead atoms. The van der Waals surface area contributed by atoms with Crippen LogP contribution in [-0.4, -0.2) is 7.11 Å². The third-order valence-electron chi connectivity index (χ3n) is 3.75. The van der Waals surface area contributed by atoms with Crippen LogP contribution in [0.3, 0.4) is 0 Å². The van der Waals surface area contributed by atoms with E-state index in [0.29, 0.717) is 0 Å². The SMILES string of the molecule is COc1cc(Cl)c(C)cc1NC(C)c1cc(C)ccc1C. The average molecular weight is 304 g/mol. The molecule has 0 aliphatic carbocycles. The van der Waals surface area contributed by atoms with Gasteiger partial charge >= 0.3 is 0 Å². The van der Waals surface area contributed by atoms with E-state index in [1.165, 1.54) is 16.7 Å². The molecular weight excluding hydrogens is 282 g/mol. The van der Waals surface area contributed by atoms with Crippen molar-refractivity contribution in [2.45, 2.75) is 33.7 Å².